The third-order valence-electron chi connectivity index (χ3n) is 4.96. The van der Waals surface area contributed by atoms with Crippen molar-refractivity contribution in [1.29, 1.82) is 0 Å². The molecule has 0 amide bonds. The summed E-state index contributed by atoms with van der Waals surface area (Å²) in [5, 5.41) is 9.91. The molecule has 0 aliphatic carbocycles. The number of ether oxygens (including phenoxy) is 1. The van der Waals surface area contributed by atoms with E-state index in [0.29, 0.717) is 16.9 Å². The van der Waals surface area contributed by atoms with Crippen LogP contribution in [0.25, 0.3) is 16.9 Å². The molecule has 0 unspecified atom stereocenters. The molecular formula is C24H20ClF2N5O3. The third kappa shape index (κ3) is 5.18. The number of aryl methyl sites for hydroxylation is 1. The smallest absolute Gasteiger partial charge is 0.280 e. The van der Waals surface area contributed by atoms with Crippen LogP contribution in [0.4, 0.5) is 8.78 Å². The predicted octanol–water partition coefficient (Wildman–Crippen LogP) is 4.13. The Morgan fingerprint density at radius 2 is 1.86 bits per heavy atom. The molecule has 0 saturated heterocycles. The van der Waals surface area contributed by atoms with Gasteiger partial charge in [-0.3, -0.25) is 9.36 Å². The maximum absolute atomic E-state index is 14.5. The van der Waals surface area contributed by atoms with Gasteiger partial charge in [-0.25, -0.2) is 19.3 Å². The zero-order valence-electron chi connectivity index (χ0n) is 19.0. The molecule has 4 rings (SSSR count). The number of pyridine rings is 1. The van der Waals surface area contributed by atoms with Crippen molar-refractivity contribution in [2.75, 3.05) is 0 Å². The van der Waals surface area contributed by atoms with Gasteiger partial charge in [0, 0.05) is 5.56 Å². The summed E-state index contributed by atoms with van der Waals surface area (Å²) in [6.45, 7) is 4.42. The van der Waals surface area contributed by atoms with Gasteiger partial charge in [-0.1, -0.05) is 29.8 Å². The largest absolute Gasteiger partial charge is 0.470 e. The van der Waals surface area contributed by atoms with Crippen LogP contribution >= 0.6 is 11.6 Å². The molecule has 3 aromatic heterocycles. The quantitative estimate of drug-likeness (QED) is 0.398. The summed E-state index contributed by atoms with van der Waals surface area (Å²) in [5.41, 5.74) is -1.00. The molecule has 1 aromatic carbocycles. The van der Waals surface area contributed by atoms with Crippen LogP contribution < -0.4 is 10.3 Å². The van der Waals surface area contributed by atoms with E-state index in [2.05, 4.69) is 19.9 Å². The molecule has 0 radical (unpaired) electrons. The summed E-state index contributed by atoms with van der Waals surface area (Å²) < 4.78 is 34.6. The number of aromatic nitrogens is 5. The number of halogens is 3. The average Bonchev–Trinajstić information content (AvgIpc) is 2.80. The lowest BCUT2D eigenvalue weighted by atomic mass is 10.1. The van der Waals surface area contributed by atoms with Crippen molar-refractivity contribution < 1.29 is 18.6 Å². The highest BCUT2D eigenvalue weighted by atomic mass is 35.5. The van der Waals surface area contributed by atoms with E-state index in [1.807, 2.05) is 0 Å². The first-order valence-electron chi connectivity index (χ1n) is 10.4. The highest BCUT2D eigenvalue weighted by Crippen LogP contribution is 2.26. The van der Waals surface area contributed by atoms with Gasteiger partial charge in [0.15, 0.2) is 16.7 Å². The van der Waals surface area contributed by atoms with E-state index < -0.39 is 22.9 Å². The number of hydrogen-bond acceptors (Lipinski definition) is 7. The zero-order valence-corrected chi connectivity index (χ0v) is 19.7. The molecule has 0 aliphatic rings. The fraction of sp³-hybridized carbons (Fsp3) is 0.208. The molecule has 8 nitrogen and oxygen atoms in total. The highest BCUT2D eigenvalue weighted by molar-refractivity contribution is 6.31. The molecule has 11 heteroatoms. The first-order chi connectivity index (χ1) is 16.5. The normalized spacial score (nSPS) is 11.5. The van der Waals surface area contributed by atoms with Crippen molar-refractivity contribution in [3.63, 3.8) is 0 Å². The van der Waals surface area contributed by atoms with Gasteiger partial charge >= 0.3 is 0 Å². The summed E-state index contributed by atoms with van der Waals surface area (Å²) in [7, 11) is 0. The number of hydrogen-bond donors (Lipinski definition) is 1. The minimum absolute atomic E-state index is 0.0359. The van der Waals surface area contributed by atoms with Crippen LogP contribution in [-0.4, -0.2) is 29.6 Å². The predicted molar refractivity (Wildman–Crippen MR) is 124 cm³/mol. The lowest BCUT2D eigenvalue weighted by Crippen LogP contribution is -2.23. The Bertz CT molecular complexity index is 1470. The minimum Gasteiger partial charge on any atom is -0.470 e. The summed E-state index contributed by atoms with van der Waals surface area (Å²) in [6.07, 6.45) is 0.984. The summed E-state index contributed by atoms with van der Waals surface area (Å²) >= 11 is 6.25. The first kappa shape index (κ1) is 24.4. The van der Waals surface area contributed by atoms with E-state index in [0.717, 1.165) is 6.20 Å². The van der Waals surface area contributed by atoms with Crippen molar-refractivity contribution in [3.8, 4) is 22.8 Å². The van der Waals surface area contributed by atoms with Crippen LogP contribution in [0, 0.1) is 18.7 Å². The Labute approximate surface area is 203 Å². The zero-order chi connectivity index (χ0) is 25.3. The fourth-order valence-electron chi connectivity index (χ4n) is 3.31. The molecule has 1 N–H and O–H groups in total. The molecule has 35 heavy (non-hydrogen) atoms. The molecule has 3 heterocycles. The van der Waals surface area contributed by atoms with E-state index in [1.165, 1.54) is 30.5 Å². The van der Waals surface area contributed by atoms with Crippen LogP contribution in [0.2, 0.25) is 5.02 Å². The van der Waals surface area contributed by atoms with Crippen molar-refractivity contribution >= 4 is 11.6 Å². The molecule has 0 aliphatic heterocycles. The maximum Gasteiger partial charge on any atom is 0.280 e. The lowest BCUT2D eigenvalue weighted by Gasteiger charge is -2.17. The van der Waals surface area contributed by atoms with Crippen LogP contribution in [0.1, 0.15) is 31.2 Å². The number of nitrogens with zero attached hydrogens (tertiary/aromatic N) is 5. The second-order valence-electron chi connectivity index (χ2n) is 8.16. The highest BCUT2D eigenvalue weighted by Gasteiger charge is 2.22. The third-order valence-corrected chi connectivity index (χ3v) is 5.29. The van der Waals surface area contributed by atoms with Gasteiger partial charge in [0.05, 0.1) is 17.6 Å². The molecule has 0 atom stereocenters. The molecule has 0 saturated carbocycles. The number of benzene rings is 1. The Balaban J connectivity index is 1.71. The van der Waals surface area contributed by atoms with E-state index in [-0.39, 0.29) is 34.9 Å². The first-order valence-corrected chi connectivity index (χ1v) is 10.8. The molecule has 0 bridgehead atoms. The van der Waals surface area contributed by atoms with Crippen LogP contribution in [0.3, 0.4) is 0 Å². The average molecular weight is 500 g/mol. The van der Waals surface area contributed by atoms with E-state index in [9.17, 15) is 18.7 Å². The Morgan fingerprint density at radius 1 is 1.11 bits per heavy atom. The van der Waals surface area contributed by atoms with Crippen molar-refractivity contribution in [2.24, 2.45) is 0 Å². The second-order valence-corrected chi connectivity index (χ2v) is 8.54. The monoisotopic (exact) mass is 499 g/mol. The van der Waals surface area contributed by atoms with Crippen molar-refractivity contribution in [2.45, 2.75) is 33.0 Å². The van der Waals surface area contributed by atoms with Gasteiger partial charge in [-0.2, -0.15) is 9.37 Å². The SMILES string of the molecule is Cc1nc(OCc2cccc(F)n2)c(Cl)c(=O)n1-c1cccc(-c2nc(C(C)(C)O)ncc2F)c1. The van der Waals surface area contributed by atoms with Gasteiger partial charge in [0.25, 0.3) is 5.56 Å². The van der Waals surface area contributed by atoms with Crippen LogP contribution in [0.5, 0.6) is 5.88 Å². The van der Waals surface area contributed by atoms with Crippen molar-refractivity contribution in [1.82, 2.24) is 24.5 Å². The Morgan fingerprint density at radius 3 is 2.57 bits per heavy atom. The minimum atomic E-state index is -1.37. The van der Waals surface area contributed by atoms with Gasteiger partial charge in [-0.05, 0) is 45.0 Å². The molecule has 4 aromatic rings. The fourth-order valence-corrected chi connectivity index (χ4v) is 3.49. The Hall–Kier alpha value is -3.76. The summed E-state index contributed by atoms with van der Waals surface area (Å²) in [6, 6.07) is 10.7. The van der Waals surface area contributed by atoms with Crippen LogP contribution in [-0.2, 0) is 12.2 Å². The van der Waals surface area contributed by atoms with E-state index in [4.69, 9.17) is 16.3 Å². The van der Waals surface area contributed by atoms with E-state index >= 15 is 0 Å². The van der Waals surface area contributed by atoms with E-state index in [1.54, 1.807) is 37.3 Å². The van der Waals surface area contributed by atoms with Gasteiger partial charge < -0.3 is 9.84 Å². The number of aliphatic hydroxyl groups is 1. The number of rotatable bonds is 6. The van der Waals surface area contributed by atoms with Gasteiger partial charge in [0.2, 0.25) is 11.8 Å². The van der Waals surface area contributed by atoms with Gasteiger partial charge in [-0.15, -0.1) is 0 Å². The van der Waals surface area contributed by atoms with Crippen molar-refractivity contribution in [3.05, 3.63) is 93.1 Å². The topological polar surface area (TPSA) is 103 Å². The molecule has 180 valence electrons. The molecule has 0 spiro atoms. The summed E-state index contributed by atoms with van der Waals surface area (Å²) in [5.74, 6) is -1.17. The van der Waals surface area contributed by atoms with Gasteiger partial charge in [0.1, 0.15) is 23.7 Å². The second kappa shape index (κ2) is 9.47. The molecule has 0 fully saturated rings. The summed E-state index contributed by atoms with van der Waals surface area (Å²) in [4.78, 5) is 29.1. The lowest BCUT2D eigenvalue weighted by molar-refractivity contribution is 0.0686. The maximum atomic E-state index is 14.5. The van der Waals surface area contributed by atoms with Crippen LogP contribution in [0.15, 0.2) is 53.5 Å². The Kier molecular flexibility index (Phi) is 6.60. The standard InChI is InChI=1S/C24H20ClF2N5O3/c1-13-29-21(35-12-15-7-5-9-18(27)30-15)19(25)22(33)32(13)16-8-4-6-14(10-16)20-17(26)11-28-23(31-20)24(2,3)34/h4-11,34H,12H2,1-3H3. The molecular weight excluding hydrogens is 480 g/mol.